The summed E-state index contributed by atoms with van der Waals surface area (Å²) in [6, 6.07) is 21.0. The minimum Gasteiger partial charge on any atom is -0.486 e. The summed E-state index contributed by atoms with van der Waals surface area (Å²) < 4.78 is 7.51. The van der Waals surface area contributed by atoms with Crippen LogP contribution in [0.25, 0.3) is 10.8 Å². The molecule has 0 bridgehead atoms. The predicted octanol–water partition coefficient (Wildman–Crippen LogP) is 4.24. The average Bonchev–Trinajstić information content (AvgIpc) is 3.22. The van der Waals surface area contributed by atoms with Crippen molar-refractivity contribution in [3.05, 3.63) is 78.1 Å². The quantitative estimate of drug-likeness (QED) is 0.535. The average molecular weight is 387 g/mol. The maximum absolute atomic E-state index is 12.8. The maximum atomic E-state index is 12.8. The van der Waals surface area contributed by atoms with Crippen molar-refractivity contribution in [1.29, 1.82) is 0 Å². The third kappa shape index (κ3) is 4.08. The number of hydrogen-bond donors (Lipinski definition) is 1. The number of aromatic nitrogens is 4. The van der Waals surface area contributed by atoms with E-state index in [1.807, 2.05) is 56.3 Å². The lowest BCUT2D eigenvalue weighted by atomic mass is 10.1. The molecular weight excluding hydrogens is 366 g/mol. The number of carbonyl (C=O) groups excluding carboxylic acids is 1. The topological polar surface area (TPSA) is 81.9 Å². The number of fused-ring (bicyclic) bond motifs is 1. The van der Waals surface area contributed by atoms with Crippen molar-refractivity contribution in [3.63, 3.8) is 0 Å². The number of tetrazole rings is 1. The highest BCUT2D eigenvalue weighted by atomic mass is 16.5. The number of carbonyl (C=O) groups is 1. The van der Waals surface area contributed by atoms with Gasteiger partial charge in [0.2, 0.25) is 0 Å². The lowest BCUT2D eigenvalue weighted by Gasteiger charge is -2.11. The number of nitrogens with zero attached hydrogens (tertiary/aromatic N) is 4. The van der Waals surface area contributed by atoms with Gasteiger partial charge in [0.15, 0.2) is 5.82 Å². The van der Waals surface area contributed by atoms with Crippen molar-refractivity contribution in [2.45, 2.75) is 26.5 Å². The van der Waals surface area contributed by atoms with Crippen LogP contribution in [0.1, 0.15) is 36.1 Å². The molecule has 4 rings (SSSR count). The van der Waals surface area contributed by atoms with Gasteiger partial charge in [-0.15, -0.1) is 5.10 Å². The summed E-state index contributed by atoms with van der Waals surface area (Å²) in [5, 5.41) is 16.7. The SMILES string of the molecule is CC(C)n1nnnc1COc1cccc(C(=O)Nc2cccc3ccccc23)c1. The van der Waals surface area contributed by atoms with Crippen molar-refractivity contribution in [2.75, 3.05) is 5.32 Å². The molecule has 1 aromatic heterocycles. The van der Waals surface area contributed by atoms with Crippen LogP contribution in [0, 0.1) is 0 Å². The first-order valence-corrected chi connectivity index (χ1v) is 9.40. The Morgan fingerprint density at radius 3 is 2.72 bits per heavy atom. The van der Waals surface area contributed by atoms with Crippen molar-refractivity contribution in [1.82, 2.24) is 20.2 Å². The Morgan fingerprint density at radius 2 is 1.86 bits per heavy atom. The van der Waals surface area contributed by atoms with E-state index in [9.17, 15) is 4.79 Å². The van der Waals surface area contributed by atoms with E-state index in [1.54, 1.807) is 28.9 Å². The molecule has 0 spiro atoms. The fourth-order valence-corrected chi connectivity index (χ4v) is 3.11. The second-order valence-electron chi connectivity index (χ2n) is 6.93. The molecule has 1 heterocycles. The van der Waals surface area contributed by atoms with Crippen molar-refractivity contribution in [3.8, 4) is 5.75 Å². The lowest BCUT2D eigenvalue weighted by Crippen LogP contribution is -2.13. The van der Waals surface area contributed by atoms with Gasteiger partial charge in [-0.25, -0.2) is 4.68 Å². The summed E-state index contributed by atoms with van der Waals surface area (Å²) in [4.78, 5) is 12.8. The molecule has 3 aromatic carbocycles. The molecule has 0 radical (unpaired) electrons. The summed E-state index contributed by atoms with van der Waals surface area (Å²) in [5.74, 6) is 1.01. The number of rotatable bonds is 6. The molecule has 146 valence electrons. The normalized spacial score (nSPS) is 11.0. The summed E-state index contributed by atoms with van der Waals surface area (Å²) in [7, 11) is 0. The molecule has 0 aliphatic rings. The van der Waals surface area contributed by atoms with Gasteiger partial charge in [0.25, 0.3) is 5.91 Å². The summed E-state index contributed by atoms with van der Waals surface area (Å²) in [6.07, 6.45) is 0. The highest BCUT2D eigenvalue weighted by Gasteiger charge is 2.12. The third-order valence-electron chi connectivity index (χ3n) is 4.55. The first-order chi connectivity index (χ1) is 14.1. The van der Waals surface area contributed by atoms with Crippen LogP contribution in [0.5, 0.6) is 5.75 Å². The van der Waals surface area contributed by atoms with Crippen LogP contribution in [0.2, 0.25) is 0 Å². The highest BCUT2D eigenvalue weighted by Crippen LogP contribution is 2.24. The van der Waals surface area contributed by atoms with Gasteiger partial charge in [-0.3, -0.25) is 4.79 Å². The third-order valence-corrected chi connectivity index (χ3v) is 4.55. The molecule has 1 N–H and O–H groups in total. The van der Waals surface area contributed by atoms with E-state index < -0.39 is 0 Å². The van der Waals surface area contributed by atoms with Crippen molar-refractivity contribution in [2.24, 2.45) is 0 Å². The first kappa shape index (κ1) is 18.6. The molecule has 7 heteroatoms. The summed E-state index contributed by atoms with van der Waals surface area (Å²) >= 11 is 0. The Kier molecular flexibility index (Phi) is 5.20. The van der Waals surface area contributed by atoms with Crippen molar-refractivity contribution >= 4 is 22.4 Å². The Hall–Kier alpha value is -3.74. The molecule has 0 saturated carbocycles. The Balaban J connectivity index is 1.49. The van der Waals surface area contributed by atoms with Crippen LogP contribution in [0.15, 0.2) is 66.7 Å². The molecule has 1 amide bonds. The molecule has 0 saturated heterocycles. The molecule has 0 unspecified atom stereocenters. The molecule has 4 aromatic rings. The van der Waals surface area contributed by atoms with Gasteiger partial charge in [-0.05, 0) is 53.9 Å². The molecule has 0 aliphatic carbocycles. The molecule has 29 heavy (non-hydrogen) atoms. The standard InChI is InChI=1S/C22H21N5O2/c1-15(2)27-21(24-25-26-27)14-29-18-10-5-9-17(13-18)22(28)23-20-12-6-8-16-7-3-4-11-19(16)20/h3-13,15H,14H2,1-2H3,(H,23,28). The molecule has 0 atom stereocenters. The van der Waals surface area contributed by atoms with Gasteiger partial charge >= 0.3 is 0 Å². The zero-order valence-corrected chi connectivity index (χ0v) is 16.2. The lowest BCUT2D eigenvalue weighted by molar-refractivity contribution is 0.102. The fourth-order valence-electron chi connectivity index (χ4n) is 3.11. The van der Waals surface area contributed by atoms with Gasteiger partial charge in [0.1, 0.15) is 12.4 Å². The van der Waals surface area contributed by atoms with E-state index in [0.717, 1.165) is 16.5 Å². The number of benzene rings is 3. The van der Waals surface area contributed by atoms with Crippen LogP contribution >= 0.6 is 0 Å². The largest absolute Gasteiger partial charge is 0.486 e. The fraction of sp³-hybridized carbons (Fsp3) is 0.182. The molecular formula is C22H21N5O2. The Labute approximate surface area is 168 Å². The Morgan fingerprint density at radius 1 is 1.07 bits per heavy atom. The highest BCUT2D eigenvalue weighted by molar-refractivity contribution is 6.09. The van der Waals surface area contributed by atoms with E-state index in [4.69, 9.17) is 4.74 Å². The first-order valence-electron chi connectivity index (χ1n) is 9.40. The number of nitrogens with one attached hydrogen (secondary N) is 1. The van der Waals surface area contributed by atoms with Gasteiger partial charge in [0.05, 0.1) is 6.04 Å². The maximum Gasteiger partial charge on any atom is 0.255 e. The van der Waals surface area contributed by atoms with E-state index in [2.05, 4.69) is 20.8 Å². The van der Waals surface area contributed by atoms with E-state index in [1.165, 1.54) is 0 Å². The smallest absolute Gasteiger partial charge is 0.255 e. The summed E-state index contributed by atoms with van der Waals surface area (Å²) in [5.41, 5.74) is 1.29. The molecule has 0 fully saturated rings. The number of ether oxygens (including phenoxy) is 1. The van der Waals surface area contributed by atoms with Crippen LogP contribution in [0.3, 0.4) is 0 Å². The molecule has 7 nitrogen and oxygen atoms in total. The van der Waals surface area contributed by atoms with E-state index in [0.29, 0.717) is 17.1 Å². The van der Waals surface area contributed by atoms with E-state index >= 15 is 0 Å². The van der Waals surface area contributed by atoms with Gasteiger partial charge in [-0.2, -0.15) is 0 Å². The van der Waals surface area contributed by atoms with Crippen LogP contribution in [-0.2, 0) is 6.61 Å². The van der Waals surface area contributed by atoms with Gasteiger partial charge < -0.3 is 10.1 Å². The van der Waals surface area contributed by atoms with E-state index in [-0.39, 0.29) is 18.6 Å². The van der Waals surface area contributed by atoms with Crippen molar-refractivity contribution < 1.29 is 9.53 Å². The van der Waals surface area contributed by atoms with Crippen LogP contribution in [0.4, 0.5) is 5.69 Å². The number of amides is 1. The molecule has 0 aliphatic heterocycles. The zero-order valence-electron chi connectivity index (χ0n) is 16.2. The predicted molar refractivity (Wildman–Crippen MR) is 111 cm³/mol. The zero-order chi connectivity index (χ0) is 20.2. The minimum atomic E-state index is -0.196. The van der Waals surface area contributed by atoms with Gasteiger partial charge in [0, 0.05) is 16.6 Å². The minimum absolute atomic E-state index is 0.140. The second-order valence-corrected chi connectivity index (χ2v) is 6.93. The number of hydrogen-bond acceptors (Lipinski definition) is 5. The summed E-state index contributed by atoms with van der Waals surface area (Å²) in [6.45, 7) is 4.22. The van der Waals surface area contributed by atoms with Crippen LogP contribution < -0.4 is 10.1 Å². The Bertz CT molecular complexity index is 1150. The number of anilines is 1. The monoisotopic (exact) mass is 387 g/mol. The second kappa shape index (κ2) is 8.10. The van der Waals surface area contributed by atoms with Crippen LogP contribution in [-0.4, -0.2) is 26.1 Å². The van der Waals surface area contributed by atoms with Gasteiger partial charge in [-0.1, -0.05) is 42.5 Å².